The largest absolute Gasteiger partial charge is 0.445 e. The van der Waals surface area contributed by atoms with Gasteiger partial charge in [0, 0.05) is 0 Å². The second kappa shape index (κ2) is 17.3. The van der Waals surface area contributed by atoms with E-state index >= 15 is 0 Å². The lowest BCUT2D eigenvalue weighted by atomic mass is 10.0. The molecule has 1 heterocycles. The summed E-state index contributed by atoms with van der Waals surface area (Å²) in [6.45, 7) is 1.35. The molecule has 0 saturated carbocycles. The summed E-state index contributed by atoms with van der Waals surface area (Å²) < 4.78 is 35.9. The third kappa shape index (κ3) is 10.3. The van der Waals surface area contributed by atoms with Gasteiger partial charge >= 0.3 is 0 Å². The van der Waals surface area contributed by atoms with Crippen molar-refractivity contribution in [1.82, 2.24) is 0 Å². The Hall–Kier alpha value is -2.98. The van der Waals surface area contributed by atoms with Gasteiger partial charge in [0.25, 0.3) is 3.79 Å². The topological polar surface area (TPSA) is 79.2 Å². The molecule has 1 saturated heterocycles. The molecule has 4 aromatic carbocycles. The number of hydrogen-bond donors (Lipinski definition) is 1. The highest BCUT2D eigenvalue weighted by molar-refractivity contribution is 6.76. The van der Waals surface area contributed by atoms with Crippen molar-refractivity contribution >= 4 is 40.7 Å². The molecule has 0 aliphatic carbocycles. The zero-order chi connectivity index (χ0) is 32.2. The van der Waals surface area contributed by atoms with Gasteiger partial charge < -0.3 is 28.4 Å². The van der Waals surface area contributed by atoms with Crippen LogP contribution in [0.25, 0.3) is 0 Å². The molecule has 1 N–H and O–H groups in total. The summed E-state index contributed by atoms with van der Waals surface area (Å²) in [5.74, 6) is -0.597. The summed E-state index contributed by atoms with van der Waals surface area (Å²) in [5, 5.41) is 8.32. The molecular weight excluding hydrogens is 649 g/mol. The lowest BCUT2D eigenvalue weighted by Crippen LogP contribution is -2.45. The molecule has 7 nitrogen and oxygen atoms in total. The van der Waals surface area contributed by atoms with Crippen molar-refractivity contribution < 1.29 is 28.4 Å². The lowest BCUT2D eigenvalue weighted by molar-refractivity contribution is -0.169. The summed E-state index contributed by atoms with van der Waals surface area (Å²) >= 11 is 18.0. The minimum atomic E-state index is -2.10. The molecule has 0 aromatic heterocycles. The second-order valence-electron chi connectivity index (χ2n) is 10.8. The van der Waals surface area contributed by atoms with Crippen LogP contribution in [0.3, 0.4) is 0 Å². The van der Waals surface area contributed by atoms with Crippen molar-refractivity contribution in [2.45, 2.75) is 60.9 Å². The van der Waals surface area contributed by atoms with Crippen molar-refractivity contribution in [1.29, 1.82) is 5.41 Å². The number of alkyl halides is 3. The van der Waals surface area contributed by atoms with Crippen LogP contribution in [0.2, 0.25) is 0 Å². The quantitative estimate of drug-likeness (QED) is 0.0776. The van der Waals surface area contributed by atoms with Crippen LogP contribution in [0.5, 0.6) is 0 Å². The van der Waals surface area contributed by atoms with Crippen molar-refractivity contribution in [3.8, 4) is 0 Å². The maximum absolute atomic E-state index is 8.32. The zero-order valence-electron chi connectivity index (χ0n) is 25.1. The van der Waals surface area contributed by atoms with Gasteiger partial charge in [0.05, 0.1) is 33.0 Å². The Labute approximate surface area is 284 Å². The highest BCUT2D eigenvalue weighted by Gasteiger charge is 2.52. The van der Waals surface area contributed by atoms with E-state index in [1.165, 1.54) is 0 Å². The van der Waals surface area contributed by atoms with E-state index in [1.54, 1.807) is 0 Å². The Morgan fingerprint density at radius 1 is 0.630 bits per heavy atom. The highest BCUT2D eigenvalue weighted by Crippen LogP contribution is 2.35. The smallest absolute Gasteiger partial charge is 0.265 e. The zero-order valence-corrected chi connectivity index (χ0v) is 27.3. The van der Waals surface area contributed by atoms with Gasteiger partial charge in [-0.25, -0.2) is 0 Å². The van der Waals surface area contributed by atoms with E-state index in [0.717, 1.165) is 22.3 Å². The third-order valence-electron chi connectivity index (χ3n) is 7.34. The van der Waals surface area contributed by atoms with E-state index in [-0.39, 0.29) is 19.8 Å². The fraction of sp³-hybridized carbons (Fsp3) is 0.306. The molecule has 1 aliphatic rings. The third-order valence-corrected chi connectivity index (χ3v) is 7.85. The SMILES string of the molecule is N=C(O[C@@H]1O[C@@H]([C@@H](COCc2ccccc2)OCc2ccccc2)[C@H](OCc2ccccc2)[C@H]1OCc1ccccc1)C(Cl)(Cl)Cl. The number of ether oxygens (including phenoxy) is 6. The van der Waals surface area contributed by atoms with Crippen LogP contribution in [-0.4, -0.2) is 47.0 Å². The average Bonchev–Trinajstić information content (AvgIpc) is 3.42. The van der Waals surface area contributed by atoms with Gasteiger partial charge in [-0.1, -0.05) is 156 Å². The summed E-state index contributed by atoms with van der Waals surface area (Å²) in [5.41, 5.74) is 3.91. The molecule has 0 radical (unpaired) electrons. The molecule has 0 unspecified atom stereocenters. The molecular formula is C36H36Cl3NO6. The van der Waals surface area contributed by atoms with Crippen LogP contribution in [0.1, 0.15) is 22.3 Å². The molecule has 4 aromatic rings. The lowest BCUT2D eigenvalue weighted by Gasteiger charge is -2.29. The normalized spacial score (nSPS) is 20.3. The summed E-state index contributed by atoms with van der Waals surface area (Å²) in [7, 11) is 0. The Morgan fingerprint density at radius 2 is 1.07 bits per heavy atom. The molecule has 0 spiro atoms. The molecule has 5 atom stereocenters. The monoisotopic (exact) mass is 683 g/mol. The first-order chi connectivity index (χ1) is 22.4. The van der Waals surface area contributed by atoms with Crippen molar-refractivity contribution in [2.24, 2.45) is 0 Å². The Kier molecular flexibility index (Phi) is 12.9. The molecule has 5 rings (SSSR count). The van der Waals surface area contributed by atoms with Crippen molar-refractivity contribution in [3.05, 3.63) is 144 Å². The van der Waals surface area contributed by atoms with Gasteiger partial charge in [0.15, 0.2) is 0 Å². The minimum Gasteiger partial charge on any atom is -0.445 e. The van der Waals surface area contributed by atoms with Gasteiger partial charge in [0.1, 0.15) is 24.4 Å². The van der Waals surface area contributed by atoms with Gasteiger partial charge in [-0.2, -0.15) is 0 Å². The van der Waals surface area contributed by atoms with E-state index < -0.39 is 40.4 Å². The van der Waals surface area contributed by atoms with Crippen LogP contribution in [0, 0.1) is 5.41 Å². The van der Waals surface area contributed by atoms with E-state index in [4.69, 9.17) is 68.6 Å². The van der Waals surface area contributed by atoms with E-state index in [2.05, 4.69) is 0 Å². The fourth-order valence-electron chi connectivity index (χ4n) is 5.01. The molecule has 242 valence electrons. The van der Waals surface area contributed by atoms with Crippen LogP contribution < -0.4 is 0 Å². The van der Waals surface area contributed by atoms with Gasteiger partial charge in [-0.05, 0) is 22.3 Å². The summed E-state index contributed by atoms with van der Waals surface area (Å²) in [6, 6.07) is 39.2. The Morgan fingerprint density at radius 3 is 1.54 bits per heavy atom. The number of rotatable bonds is 15. The number of nitrogens with one attached hydrogen (secondary N) is 1. The molecule has 46 heavy (non-hydrogen) atoms. The minimum absolute atomic E-state index is 0.178. The van der Waals surface area contributed by atoms with E-state index in [0.29, 0.717) is 13.2 Å². The van der Waals surface area contributed by atoms with Crippen LogP contribution in [0.15, 0.2) is 121 Å². The molecule has 0 amide bonds. The van der Waals surface area contributed by atoms with Gasteiger partial charge in [-0.15, -0.1) is 0 Å². The Bertz CT molecular complexity index is 1460. The molecule has 1 aliphatic heterocycles. The molecule has 1 fully saturated rings. The fourth-order valence-corrected chi connectivity index (χ4v) is 5.14. The molecule has 0 bridgehead atoms. The standard InChI is InChI=1S/C36H36Cl3NO6/c37-36(38,39)35(40)46-34-33(44-24-29-19-11-4-12-20-29)32(43-23-28-17-9-3-10-18-28)31(45-34)30(42-22-27-15-7-2-8-16-27)25-41-21-26-13-5-1-6-14-26/h1-20,30-34,40H,21-25H2/t30-,31+,32+,33-,34+/m1/s1. The first kappa shape index (κ1) is 34.4. The predicted molar refractivity (Wildman–Crippen MR) is 179 cm³/mol. The van der Waals surface area contributed by atoms with Gasteiger partial charge in [0.2, 0.25) is 12.2 Å². The van der Waals surface area contributed by atoms with E-state index in [9.17, 15) is 0 Å². The average molecular weight is 685 g/mol. The highest BCUT2D eigenvalue weighted by atomic mass is 35.6. The van der Waals surface area contributed by atoms with Crippen LogP contribution in [-0.2, 0) is 54.8 Å². The van der Waals surface area contributed by atoms with Crippen LogP contribution in [0.4, 0.5) is 0 Å². The van der Waals surface area contributed by atoms with Crippen LogP contribution >= 0.6 is 34.8 Å². The first-order valence-electron chi connectivity index (χ1n) is 14.9. The molecule has 10 heteroatoms. The maximum Gasteiger partial charge on any atom is 0.265 e. The summed E-state index contributed by atoms with van der Waals surface area (Å²) in [4.78, 5) is 0. The second-order valence-corrected chi connectivity index (χ2v) is 13.1. The first-order valence-corrected chi connectivity index (χ1v) is 16.1. The van der Waals surface area contributed by atoms with Crippen molar-refractivity contribution in [2.75, 3.05) is 6.61 Å². The van der Waals surface area contributed by atoms with E-state index in [1.807, 2.05) is 121 Å². The predicted octanol–water partition coefficient (Wildman–Crippen LogP) is 8.05. The maximum atomic E-state index is 8.32. The number of hydrogen-bond acceptors (Lipinski definition) is 7. The summed E-state index contributed by atoms with van der Waals surface area (Å²) in [6.07, 6.45) is -4.04. The number of benzene rings is 4. The van der Waals surface area contributed by atoms with Gasteiger partial charge in [-0.3, -0.25) is 5.41 Å². The Balaban J connectivity index is 1.43. The van der Waals surface area contributed by atoms with Crippen molar-refractivity contribution in [3.63, 3.8) is 0 Å². The number of halogens is 3.